The van der Waals surface area contributed by atoms with Crippen molar-refractivity contribution in [2.75, 3.05) is 13.1 Å². The lowest BCUT2D eigenvalue weighted by molar-refractivity contribution is -0.144. The van der Waals surface area contributed by atoms with Gasteiger partial charge in [-0.2, -0.15) is 0 Å². The number of hydrogen-bond acceptors (Lipinski definition) is 3. The molecule has 4 nitrogen and oxygen atoms in total. The van der Waals surface area contributed by atoms with Gasteiger partial charge >= 0.3 is 0 Å². The van der Waals surface area contributed by atoms with E-state index >= 15 is 0 Å². The molecule has 0 radical (unpaired) electrons. The summed E-state index contributed by atoms with van der Waals surface area (Å²) in [6.07, 6.45) is 6.35. The fourth-order valence-electron chi connectivity index (χ4n) is 2.85. The van der Waals surface area contributed by atoms with Gasteiger partial charge in [-0.1, -0.05) is 12.8 Å². The first-order valence-electron chi connectivity index (χ1n) is 6.88. The summed E-state index contributed by atoms with van der Waals surface area (Å²) in [6, 6.07) is 0.366. The van der Waals surface area contributed by atoms with Crippen LogP contribution in [0.5, 0.6) is 0 Å². The largest absolute Gasteiger partial charge is 0.364 e. The predicted molar refractivity (Wildman–Crippen MR) is 73.8 cm³/mol. The Kier molecular flexibility index (Phi) is 6.39. The first kappa shape index (κ1) is 15.7. The zero-order chi connectivity index (χ0) is 12.3. The van der Waals surface area contributed by atoms with Crippen LogP contribution in [0.25, 0.3) is 0 Å². The number of rotatable bonds is 2. The van der Waals surface area contributed by atoms with Gasteiger partial charge in [0.15, 0.2) is 0 Å². The molecule has 0 aliphatic carbocycles. The minimum atomic E-state index is -0.232. The Morgan fingerprint density at radius 1 is 1.28 bits per heavy atom. The fraction of sp³-hybridized carbons (Fsp3) is 0.923. The fourth-order valence-corrected chi connectivity index (χ4v) is 2.85. The van der Waals surface area contributed by atoms with Crippen molar-refractivity contribution in [1.29, 1.82) is 0 Å². The molecule has 3 atom stereocenters. The zero-order valence-electron chi connectivity index (χ0n) is 11.1. The summed E-state index contributed by atoms with van der Waals surface area (Å²) >= 11 is 0. The van der Waals surface area contributed by atoms with E-state index < -0.39 is 0 Å². The maximum Gasteiger partial charge on any atom is 0.251 e. The van der Waals surface area contributed by atoms with Crippen LogP contribution in [0.15, 0.2) is 0 Å². The highest BCUT2D eigenvalue weighted by molar-refractivity contribution is 5.85. The molecule has 2 rings (SSSR count). The second-order valence-electron chi connectivity index (χ2n) is 5.29. The van der Waals surface area contributed by atoms with Crippen LogP contribution in [-0.4, -0.2) is 42.1 Å². The molecule has 2 aliphatic rings. The lowest BCUT2D eigenvalue weighted by atomic mass is 10.1. The molecule has 5 heteroatoms. The first-order valence-corrected chi connectivity index (χ1v) is 6.88. The molecule has 0 aromatic carbocycles. The smallest absolute Gasteiger partial charge is 0.251 e. The third kappa shape index (κ3) is 3.59. The number of amides is 1. The molecule has 1 unspecified atom stereocenters. The van der Waals surface area contributed by atoms with E-state index in [1.165, 1.54) is 12.8 Å². The van der Waals surface area contributed by atoms with E-state index in [-0.39, 0.29) is 30.5 Å². The molecule has 0 bridgehead atoms. The Morgan fingerprint density at radius 3 is 2.72 bits per heavy atom. The molecule has 1 amide bonds. The maximum atomic E-state index is 12.4. The number of carbonyl (C=O) groups excluding carboxylic acids is 1. The average Bonchev–Trinajstić information content (AvgIpc) is 2.71. The van der Waals surface area contributed by atoms with Crippen molar-refractivity contribution in [2.24, 2.45) is 5.73 Å². The summed E-state index contributed by atoms with van der Waals surface area (Å²) < 4.78 is 5.70. The Morgan fingerprint density at radius 2 is 2.06 bits per heavy atom. The third-order valence-corrected chi connectivity index (χ3v) is 3.98. The summed E-state index contributed by atoms with van der Waals surface area (Å²) in [5.41, 5.74) is 5.58. The molecule has 2 saturated heterocycles. The molecule has 2 fully saturated rings. The Bertz CT molecular complexity index is 276. The zero-order valence-corrected chi connectivity index (χ0v) is 12.0. The minimum absolute atomic E-state index is 0. The molecule has 2 N–H and O–H groups in total. The van der Waals surface area contributed by atoms with Gasteiger partial charge < -0.3 is 15.4 Å². The molecule has 2 heterocycles. The van der Waals surface area contributed by atoms with Gasteiger partial charge in [0.2, 0.25) is 0 Å². The highest BCUT2D eigenvalue weighted by atomic mass is 35.5. The summed E-state index contributed by atoms with van der Waals surface area (Å²) in [5, 5.41) is 0. The van der Waals surface area contributed by atoms with Gasteiger partial charge in [-0.3, -0.25) is 4.79 Å². The normalized spacial score (nSPS) is 32.8. The van der Waals surface area contributed by atoms with Crippen LogP contribution in [0.1, 0.15) is 45.4 Å². The van der Waals surface area contributed by atoms with Crippen LogP contribution >= 0.6 is 12.4 Å². The van der Waals surface area contributed by atoms with Crippen molar-refractivity contribution in [3.8, 4) is 0 Å². The van der Waals surface area contributed by atoms with Crippen LogP contribution < -0.4 is 5.73 Å². The van der Waals surface area contributed by atoms with Gasteiger partial charge in [-0.15, -0.1) is 12.4 Å². The van der Waals surface area contributed by atoms with Crippen LogP contribution in [0.4, 0.5) is 0 Å². The second-order valence-corrected chi connectivity index (χ2v) is 5.29. The molecular formula is C13H25ClN2O2. The van der Waals surface area contributed by atoms with E-state index in [2.05, 4.69) is 6.92 Å². The van der Waals surface area contributed by atoms with E-state index in [1.54, 1.807) is 0 Å². The number of carbonyl (C=O) groups is 1. The van der Waals surface area contributed by atoms with E-state index in [0.29, 0.717) is 12.6 Å². The SMILES string of the molecule is CC1CCCCCN1C(=O)[C@@H]1CC[C@H](CN)O1.Cl. The van der Waals surface area contributed by atoms with E-state index in [0.717, 1.165) is 32.2 Å². The van der Waals surface area contributed by atoms with Crippen molar-refractivity contribution < 1.29 is 9.53 Å². The van der Waals surface area contributed by atoms with E-state index in [9.17, 15) is 4.79 Å². The number of likely N-dealkylation sites (tertiary alicyclic amines) is 1. The standard InChI is InChI=1S/C13H24N2O2.ClH/c1-10-5-3-2-4-8-15(10)13(16)12-7-6-11(9-14)17-12;/h10-12H,2-9,14H2,1H3;1H/t10?,11-,12+;/m1./s1. The minimum Gasteiger partial charge on any atom is -0.364 e. The summed E-state index contributed by atoms with van der Waals surface area (Å²) in [6.45, 7) is 3.57. The van der Waals surface area contributed by atoms with Crippen LogP contribution in [0.2, 0.25) is 0 Å². The summed E-state index contributed by atoms with van der Waals surface area (Å²) in [4.78, 5) is 14.4. The molecule has 0 aromatic heterocycles. The Hall–Kier alpha value is -0.320. The van der Waals surface area contributed by atoms with E-state index in [4.69, 9.17) is 10.5 Å². The summed E-state index contributed by atoms with van der Waals surface area (Å²) in [7, 11) is 0. The third-order valence-electron chi connectivity index (χ3n) is 3.98. The molecule has 0 spiro atoms. The predicted octanol–water partition coefficient (Wildman–Crippen LogP) is 1.71. The molecule has 106 valence electrons. The van der Waals surface area contributed by atoms with Gasteiger partial charge in [0.05, 0.1) is 6.10 Å². The van der Waals surface area contributed by atoms with E-state index in [1.807, 2.05) is 4.90 Å². The number of halogens is 1. The highest BCUT2D eigenvalue weighted by Gasteiger charge is 2.34. The van der Waals surface area contributed by atoms with Crippen molar-refractivity contribution in [2.45, 2.75) is 63.7 Å². The average molecular weight is 277 g/mol. The van der Waals surface area contributed by atoms with Gasteiger partial charge in [0, 0.05) is 19.1 Å². The summed E-state index contributed by atoms with van der Waals surface area (Å²) in [5.74, 6) is 0.190. The van der Waals surface area contributed by atoms with Gasteiger partial charge in [0.25, 0.3) is 5.91 Å². The second kappa shape index (κ2) is 7.31. The Labute approximate surface area is 116 Å². The Balaban J connectivity index is 0.00000162. The van der Waals surface area contributed by atoms with Crippen molar-refractivity contribution in [1.82, 2.24) is 4.90 Å². The highest BCUT2D eigenvalue weighted by Crippen LogP contribution is 2.24. The van der Waals surface area contributed by atoms with Crippen LogP contribution in [0.3, 0.4) is 0 Å². The quantitative estimate of drug-likeness (QED) is 0.835. The van der Waals surface area contributed by atoms with Crippen molar-refractivity contribution >= 4 is 18.3 Å². The lowest BCUT2D eigenvalue weighted by Gasteiger charge is -2.29. The molecule has 2 aliphatic heterocycles. The lowest BCUT2D eigenvalue weighted by Crippen LogP contribution is -2.44. The van der Waals surface area contributed by atoms with Gasteiger partial charge in [-0.25, -0.2) is 0 Å². The van der Waals surface area contributed by atoms with Crippen molar-refractivity contribution in [3.05, 3.63) is 0 Å². The number of hydrogen-bond donors (Lipinski definition) is 1. The van der Waals surface area contributed by atoms with Crippen molar-refractivity contribution in [3.63, 3.8) is 0 Å². The van der Waals surface area contributed by atoms with Crippen LogP contribution in [-0.2, 0) is 9.53 Å². The first-order chi connectivity index (χ1) is 8.22. The van der Waals surface area contributed by atoms with Gasteiger partial charge in [0.1, 0.15) is 6.10 Å². The number of ether oxygens (including phenoxy) is 1. The maximum absolute atomic E-state index is 12.4. The number of nitrogens with zero attached hydrogens (tertiary/aromatic N) is 1. The van der Waals surface area contributed by atoms with Gasteiger partial charge in [-0.05, 0) is 32.6 Å². The monoisotopic (exact) mass is 276 g/mol. The topological polar surface area (TPSA) is 55.6 Å². The molecule has 0 saturated carbocycles. The molecular weight excluding hydrogens is 252 g/mol. The number of nitrogens with two attached hydrogens (primary N) is 1. The van der Waals surface area contributed by atoms with Crippen LogP contribution in [0, 0.1) is 0 Å². The molecule has 0 aromatic rings. The molecule has 18 heavy (non-hydrogen) atoms.